The first kappa shape index (κ1) is 21.8. The number of hydrogen-bond donors (Lipinski definition) is 2. The molecular weight excluding hydrogens is 382 g/mol. The van der Waals surface area contributed by atoms with E-state index >= 15 is 0 Å². The summed E-state index contributed by atoms with van der Waals surface area (Å²) in [6.45, 7) is 1.82. The second-order valence-corrected chi connectivity index (χ2v) is 8.68. The van der Waals surface area contributed by atoms with Gasteiger partial charge in [0.25, 0.3) is 0 Å². The molecule has 3 heteroatoms. The zero-order valence-corrected chi connectivity index (χ0v) is 18.2. The van der Waals surface area contributed by atoms with Crippen LogP contribution in [0.4, 0.5) is 0 Å². The van der Waals surface area contributed by atoms with Gasteiger partial charge in [0, 0.05) is 13.1 Å². The molecule has 0 unspecified atom stereocenters. The van der Waals surface area contributed by atoms with Crippen molar-refractivity contribution >= 4 is 0 Å². The van der Waals surface area contributed by atoms with Gasteiger partial charge < -0.3 is 10.2 Å². The van der Waals surface area contributed by atoms with Crippen molar-refractivity contribution in [2.45, 2.75) is 49.9 Å². The summed E-state index contributed by atoms with van der Waals surface area (Å²) in [4.78, 5) is 2.23. The van der Waals surface area contributed by atoms with Crippen LogP contribution in [0.25, 0.3) is 0 Å². The summed E-state index contributed by atoms with van der Waals surface area (Å²) in [6, 6.07) is 29.8. The zero-order chi connectivity index (χ0) is 21.6. The van der Waals surface area contributed by atoms with Gasteiger partial charge in [0.2, 0.25) is 0 Å². The third-order valence-corrected chi connectivity index (χ3v) is 6.68. The van der Waals surface area contributed by atoms with Crippen molar-refractivity contribution < 1.29 is 10.2 Å². The number of hydrogen-bond acceptors (Lipinski definition) is 3. The van der Waals surface area contributed by atoms with Gasteiger partial charge in [0.15, 0.2) is 0 Å². The number of benzene rings is 3. The molecular formula is C28H33NO2. The maximum Gasteiger partial charge on any atom is 0.144 e. The second-order valence-electron chi connectivity index (χ2n) is 8.68. The van der Waals surface area contributed by atoms with Crippen molar-refractivity contribution in [2.24, 2.45) is 0 Å². The van der Waals surface area contributed by atoms with E-state index in [1.807, 2.05) is 91.0 Å². The smallest absolute Gasteiger partial charge is 0.144 e. The molecule has 1 aliphatic heterocycles. The lowest BCUT2D eigenvalue weighted by Gasteiger charge is -2.43. The number of nitrogens with zero attached hydrogens (tertiary/aromatic N) is 1. The normalized spacial score (nSPS) is 17.2. The molecule has 1 fully saturated rings. The van der Waals surface area contributed by atoms with Crippen LogP contribution in [0.5, 0.6) is 0 Å². The monoisotopic (exact) mass is 415 g/mol. The summed E-state index contributed by atoms with van der Waals surface area (Å²) >= 11 is 0. The quantitative estimate of drug-likeness (QED) is 0.516. The van der Waals surface area contributed by atoms with E-state index < -0.39 is 11.3 Å². The van der Waals surface area contributed by atoms with E-state index in [4.69, 9.17) is 0 Å². The fourth-order valence-electron chi connectivity index (χ4n) is 4.93. The Morgan fingerprint density at radius 3 is 1.52 bits per heavy atom. The van der Waals surface area contributed by atoms with Crippen LogP contribution in [0.2, 0.25) is 0 Å². The Morgan fingerprint density at radius 1 is 0.581 bits per heavy atom. The number of aliphatic hydroxyl groups is 2. The molecule has 3 nitrogen and oxygen atoms in total. The van der Waals surface area contributed by atoms with E-state index in [-0.39, 0.29) is 0 Å². The van der Waals surface area contributed by atoms with E-state index in [0.717, 1.165) is 42.6 Å². The van der Waals surface area contributed by atoms with Crippen LogP contribution in [0.3, 0.4) is 0 Å². The molecule has 0 aliphatic carbocycles. The Morgan fingerprint density at radius 2 is 1.03 bits per heavy atom. The highest BCUT2D eigenvalue weighted by Crippen LogP contribution is 2.38. The van der Waals surface area contributed by atoms with Gasteiger partial charge in [0.1, 0.15) is 11.3 Å². The molecule has 3 aromatic carbocycles. The molecule has 1 atom stereocenters. The van der Waals surface area contributed by atoms with Crippen molar-refractivity contribution in [3.63, 3.8) is 0 Å². The molecule has 1 heterocycles. The predicted molar refractivity (Wildman–Crippen MR) is 125 cm³/mol. The molecule has 0 radical (unpaired) electrons. The molecule has 0 aromatic heterocycles. The van der Waals surface area contributed by atoms with E-state index in [1.165, 1.54) is 6.42 Å². The first-order valence-electron chi connectivity index (χ1n) is 11.5. The minimum absolute atomic E-state index is 0.546. The number of rotatable bonds is 8. The van der Waals surface area contributed by atoms with Crippen LogP contribution in [-0.4, -0.2) is 28.2 Å². The van der Waals surface area contributed by atoms with Crippen molar-refractivity contribution in [1.82, 2.24) is 4.90 Å². The summed E-state index contributed by atoms with van der Waals surface area (Å²) in [6.07, 6.45) is 5.29. The Hall–Kier alpha value is -2.46. The first-order chi connectivity index (χ1) is 15.1. The summed E-state index contributed by atoms with van der Waals surface area (Å²) < 4.78 is 0. The van der Waals surface area contributed by atoms with Crippen LogP contribution < -0.4 is 0 Å². The van der Waals surface area contributed by atoms with Crippen molar-refractivity contribution in [3.8, 4) is 0 Å². The van der Waals surface area contributed by atoms with Gasteiger partial charge in [-0.3, -0.25) is 4.90 Å². The van der Waals surface area contributed by atoms with Crippen molar-refractivity contribution in [1.29, 1.82) is 0 Å². The second kappa shape index (κ2) is 9.78. The Bertz CT molecular complexity index is 884. The van der Waals surface area contributed by atoms with Gasteiger partial charge in [-0.15, -0.1) is 0 Å². The molecule has 0 saturated carbocycles. The molecule has 0 bridgehead atoms. The highest BCUT2D eigenvalue weighted by molar-refractivity contribution is 5.35. The highest BCUT2D eigenvalue weighted by Gasteiger charge is 2.38. The van der Waals surface area contributed by atoms with Crippen molar-refractivity contribution in [3.05, 3.63) is 108 Å². The minimum atomic E-state index is -1.08. The molecule has 162 valence electrons. The predicted octanol–water partition coefficient (Wildman–Crippen LogP) is 5.42. The van der Waals surface area contributed by atoms with Crippen molar-refractivity contribution in [2.75, 3.05) is 13.1 Å². The molecule has 2 N–H and O–H groups in total. The lowest BCUT2D eigenvalue weighted by molar-refractivity contribution is -0.132. The average Bonchev–Trinajstić information content (AvgIpc) is 2.86. The fraction of sp³-hybridized carbons (Fsp3) is 0.357. The third-order valence-electron chi connectivity index (χ3n) is 6.68. The van der Waals surface area contributed by atoms with E-state index in [9.17, 15) is 10.2 Å². The minimum Gasteiger partial charge on any atom is -0.380 e. The number of piperidine rings is 1. The van der Waals surface area contributed by atoms with Crippen LogP contribution in [0.1, 0.15) is 55.2 Å². The molecule has 0 amide bonds. The van der Waals surface area contributed by atoms with Gasteiger partial charge in [-0.05, 0) is 48.8 Å². The fourth-order valence-corrected chi connectivity index (χ4v) is 4.93. The zero-order valence-electron chi connectivity index (χ0n) is 18.2. The topological polar surface area (TPSA) is 43.7 Å². The molecule has 1 saturated heterocycles. The molecule has 4 rings (SSSR count). The summed E-state index contributed by atoms with van der Waals surface area (Å²) in [5, 5.41) is 23.7. The Labute approximate surface area is 186 Å². The van der Waals surface area contributed by atoms with Gasteiger partial charge >= 0.3 is 0 Å². The van der Waals surface area contributed by atoms with Gasteiger partial charge in [-0.1, -0.05) is 97.4 Å². The van der Waals surface area contributed by atoms with Gasteiger partial charge in [-0.2, -0.15) is 0 Å². The van der Waals surface area contributed by atoms with Crippen LogP contribution in [-0.2, 0) is 11.3 Å². The van der Waals surface area contributed by atoms with E-state index in [1.54, 1.807) is 0 Å². The molecule has 31 heavy (non-hydrogen) atoms. The molecule has 3 aromatic rings. The highest BCUT2D eigenvalue weighted by atomic mass is 16.3. The maximum absolute atomic E-state index is 11.9. The Kier molecular flexibility index (Phi) is 6.86. The van der Waals surface area contributed by atoms with Crippen LogP contribution >= 0.6 is 0 Å². The average molecular weight is 416 g/mol. The lowest BCUT2D eigenvalue weighted by Crippen LogP contribution is -2.48. The first-order valence-corrected chi connectivity index (χ1v) is 11.5. The van der Waals surface area contributed by atoms with Gasteiger partial charge in [0.05, 0.1) is 0 Å². The van der Waals surface area contributed by atoms with Gasteiger partial charge in [-0.25, -0.2) is 0 Å². The molecule has 0 spiro atoms. The summed E-state index contributed by atoms with van der Waals surface area (Å²) in [5.41, 5.74) is 0.641. The summed E-state index contributed by atoms with van der Waals surface area (Å²) in [5.74, 6) is 0. The van der Waals surface area contributed by atoms with Crippen LogP contribution in [0, 0.1) is 0 Å². The SMILES string of the molecule is OC(CCC[C@@](O)(c1ccccc1)N1CCCCC1)(c1ccccc1)c1ccccc1. The Balaban J connectivity index is 1.59. The molecule has 1 aliphatic rings. The van der Waals surface area contributed by atoms with E-state index in [2.05, 4.69) is 4.90 Å². The number of likely N-dealkylation sites (tertiary alicyclic amines) is 1. The van der Waals surface area contributed by atoms with Crippen LogP contribution in [0.15, 0.2) is 91.0 Å². The van der Waals surface area contributed by atoms with E-state index in [0.29, 0.717) is 19.3 Å². The summed E-state index contributed by atoms with van der Waals surface area (Å²) in [7, 11) is 0. The third kappa shape index (κ3) is 4.74. The standard InChI is InChI=1S/C28H33NO2/c30-27(24-14-5-1-6-15-24,25-16-7-2-8-17-25)20-13-21-28(31,26-18-9-3-10-19-26)29-22-11-4-12-23-29/h1-3,5-10,14-19,30-31H,4,11-13,20-23H2/t28-/m1/s1. The lowest BCUT2D eigenvalue weighted by atomic mass is 9.81. The largest absolute Gasteiger partial charge is 0.380 e. The maximum atomic E-state index is 11.9.